The third-order valence-electron chi connectivity index (χ3n) is 4.55. The maximum absolute atomic E-state index is 11.8. The Hall–Kier alpha value is -1.34. The van der Waals surface area contributed by atoms with Crippen LogP contribution in [0.1, 0.15) is 37.3 Å². The molecule has 6 nitrogen and oxygen atoms in total. The predicted octanol–water partition coefficient (Wildman–Crippen LogP) is 1.58. The minimum absolute atomic E-state index is 0. The molecular weight excluding hydrogens is 375 g/mol. The molecule has 1 saturated heterocycles. The largest absolute Gasteiger partial charge is 0.369 e. The van der Waals surface area contributed by atoms with Crippen molar-refractivity contribution in [3.63, 3.8) is 0 Å². The molecule has 0 aliphatic carbocycles. The summed E-state index contributed by atoms with van der Waals surface area (Å²) in [5.74, 6) is -0.372. The lowest BCUT2D eigenvalue weighted by Gasteiger charge is -2.31. The summed E-state index contributed by atoms with van der Waals surface area (Å²) >= 11 is 0. The van der Waals surface area contributed by atoms with E-state index >= 15 is 0 Å². The first-order valence-corrected chi connectivity index (χ1v) is 8.62. The third kappa shape index (κ3) is 7.50. The van der Waals surface area contributed by atoms with E-state index in [1.807, 2.05) is 19.1 Å². The van der Waals surface area contributed by atoms with Crippen molar-refractivity contribution in [2.75, 3.05) is 13.1 Å². The maximum Gasteiger partial charge on any atom is 0.237 e. The predicted molar refractivity (Wildman–Crippen MR) is 108 cm³/mol. The smallest absolute Gasteiger partial charge is 0.237 e. The SMILES string of the molecule is CC[C@H](N)C(=O)NCc1cccc(CN2CCCC(C(N)=O)C2)c1.Cl.Cl. The lowest BCUT2D eigenvalue weighted by atomic mass is 9.97. The first-order chi connectivity index (χ1) is 11.5. The van der Waals surface area contributed by atoms with Crippen LogP contribution < -0.4 is 16.8 Å². The van der Waals surface area contributed by atoms with Gasteiger partial charge in [0.2, 0.25) is 11.8 Å². The van der Waals surface area contributed by atoms with Crippen LogP contribution in [0.5, 0.6) is 0 Å². The number of halogens is 2. The second-order valence-corrected chi connectivity index (χ2v) is 6.53. The summed E-state index contributed by atoms with van der Waals surface area (Å²) in [5, 5.41) is 2.86. The summed E-state index contributed by atoms with van der Waals surface area (Å²) in [6.07, 6.45) is 2.51. The van der Waals surface area contributed by atoms with E-state index < -0.39 is 6.04 Å². The van der Waals surface area contributed by atoms with Crippen molar-refractivity contribution < 1.29 is 9.59 Å². The van der Waals surface area contributed by atoms with Gasteiger partial charge in [-0.15, -0.1) is 24.8 Å². The second-order valence-electron chi connectivity index (χ2n) is 6.53. The number of hydrogen-bond acceptors (Lipinski definition) is 4. The van der Waals surface area contributed by atoms with Gasteiger partial charge in [0, 0.05) is 19.6 Å². The lowest BCUT2D eigenvalue weighted by Crippen LogP contribution is -2.40. The first kappa shape index (κ1) is 24.7. The number of nitrogens with zero attached hydrogens (tertiary/aromatic N) is 1. The average Bonchev–Trinajstić information content (AvgIpc) is 2.59. The average molecular weight is 405 g/mol. The Bertz CT molecular complexity index is 586. The van der Waals surface area contributed by atoms with Crippen molar-refractivity contribution in [3.05, 3.63) is 35.4 Å². The van der Waals surface area contributed by atoms with Gasteiger partial charge in [-0.1, -0.05) is 31.2 Å². The van der Waals surface area contributed by atoms with E-state index in [9.17, 15) is 9.59 Å². The van der Waals surface area contributed by atoms with Crippen LogP contribution in [-0.4, -0.2) is 35.8 Å². The van der Waals surface area contributed by atoms with Crippen LogP contribution in [0.15, 0.2) is 24.3 Å². The number of piperidine rings is 1. The van der Waals surface area contributed by atoms with Crippen LogP contribution in [-0.2, 0) is 22.7 Å². The molecule has 0 bridgehead atoms. The molecule has 148 valence electrons. The molecule has 0 spiro atoms. The van der Waals surface area contributed by atoms with Gasteiger partial charge in [0.15, 0.2) is 0 Å². The summed E-state index contributed by atoms with van der Waals surface area (Å²) in [4.78, 5) is 25.4. The van der Waals surface area contributed by atoms with E-state index in [2.05, 4.69) is 22.3 Å². The summed E-state index contributed by atoms with van der Waals surface area (Å²) in [7, 11) is 0. The van der Waals surface area contributed by atoms with Crippen LogP contribution in [0.3, 0.4) is 0 Å². The summed E-state index contributed by atoms with van der Waals surface area (Å²) in [6, 6.07) is 7.69. The standard InChI is InChI=1S/C18H28N4O2.2ClH/c1-2-16(19)18(24)21-10-13-5-3-6-14(9-13)11-22-8-4-7-15(12-22)17(20)23;;/h3,5-6,9,15-16H,2,4,7-8,10-12,19H2,1H3,(H2,20,23)(H,21,24);2*1H/t15?,16-;;/m0../s1. The zero-order chi connectivity index (χ0) is 17.5. The van der Waals surface area contributed by atoms with E-state index in [1.54, 1.807) is 0 Å². The van der Waals surface area contributed by atoms with Crippen molar-refractivity contribution >= 4 is 36.6 Å². The number of benzene rings is 1. The van der Waals surface area contributed by atoms with Gasteiger partial charge in [0.25, 0.3) is 0 Å². The number of carbonyl (C=O) groups is 2. The summed E-state index contributed by atoms with van der Waals surface area (Å²) < 4.78 is 0. The van der Waals surface area contributed by atoms with E-state index in [0.717, 1.165) is 38.0 Å². The number of primary amides is 1. The molecule has 0 radical (unpaired) electrons. The number of amides is 2. The monoisotopic (exact) mass is 404 g/mol. The molecule has 2 atom stereocenters. The minimum Gasteiger partial charge on any atom is -0.369 e. The van der Waals surface area contributed by atoms with Crippen molar-refractivity contribution in [2.45, 2.75) is 45.3 Å². The van der Waals surface area contributed by atoms with Gasteiger partial charge in [0.05, 0.1) is 12.0 Å². The van der Waals surface area contributed by atoms with E-state index in [-0.39, 0.29) is 42.5 Å². The number of rotatable bonds is 7. The summed E-state index contributed by atoms with van der Waals surface area (Å²) in [6.45, 7) is 4.87. The van der Waals surface area contributed by atoms with Crippen molar-refractivity contribution in [1.29, 1.82) is 0 Å². The van der Waals surface area contributed by atoms with E-state index in [0.29, 0.717) is 13.0 Å². The highest BCUT2D eigenvalue weighted by Gasteiger charge is 2.23. The molecule has 8 heteroatoms. The lowest BCUT2D eigenvalue weighted by molar-refractivity contribution is -0.123. The number of nitrogens with two attached hydrogens (primary N) is 2. The van der Waals surface area contributed by atoms with Crippen LogP contribution in [0.2, 0.25) is 0 Å². The molecule has 5 N–H and O–H groups in total. The van der Waals surface area contributed by atoms with Crippen LogP contribution in [0, 0.1) is 5.92 Å². The molecule has 1 heterocycles. The van der Waals surface area contributed by atoms with E-state index in [1.165, 1.54) is 5.56 Å². The second kappa shape index (κ2) is 12.1. The van der Waals surface area contributed by atoms with Crippen molar-refractivity contribution in [2.24, 2.45) is 17.4 Å². The fraction of sp³-hybridized carbons (Fsp3) is 0.556. The zero-order valence-corrected chi connectivity index (χ0v) is 16.8. The molecule has 1 aromatic rings. The topological polar surface area (TPSA) is 101 Å². The Morgan fingerprint density at radius 3 is 2.65 bits per heavy atom. The van der Waals surface area contributed by atoms with Gasteiger partial charge < -0.3 is 16.8 Å². The maximum atomic E-state index is 11.8. The summed E-state index contributed by atoms with van der Waals surface area (Å²) in [5.41, 5.74) is 13.4. The Morgan fingerprint density at radius 1 is 1.31 bits per heavy atom. The molecule has 2 rings (SSSR count). The first-order valence-electron chi connectivity index (χ1n) is 8.62. The fourth-order valence-electron chi connectivity index (χ4n) is 3.03. The van der Waals surface area contributed by atoms with Crippen LogP contribution in [0.4, 0.5) is 0 Å². The Kier molecular flexibility index (Phi) is 11.5. The van der Waals surface area contributed by atoms with Gasteiger partial charge >= 0.3 is 0 Å². The van der Waals surface area contributed by atoms with Crippen molar-refractivity contribution in [1.82, 2.24) is 10.2 Å². The van der Waals surface area contributed by atoms with Gasteiger partial charge in [-0.05, 0) is 36.9 Å². The Labute approximate surface area is 167 Å². The van der Waals surface area contributed by atoms with E-state index in [4.69, 9.17) is 11.5 Å². The molecule has 1 fully saturated rings. The van der Waals surface area contributed by atoms with Gasteiger partial charge in [0.1, 0.15) is 0 Å². The van der Waals surface area contributed by atoms with Crippen LogP contribution >= 0.6 is 24.8 Å². The molecule has 1 aromatic carbocycles. The molecule has 0 aromatic heterocycles. The number of nitrogens with one attached hydrogen (secondary N) is 1. The number of carbonyl (C=O) groups excluding carboxylic acids is 2. The molecule has 26 heavy (non-hydrogen) atoms. The fourth-order valence-corrected chi connectivity index (χ4v) is 3.03. The molecule has 0 saturated carbocycles. The van der Waals surface area contributed by atoms with Gasteiger partial charge in [-0.2, -0.15) is 0 Å². The van der Waals surface area contributed by atoms with Gasteiger partial charge in [-0.3, -0.25) is 14.5 Å². The molecular formula is C18H30Cl2N4O2. The van der Waals surface area contributed by atoms with Crippen LogP contribution in [0.25, 0.3) is 0 Å². The Morgan fingerprint density at radius 2 is 2.00 bits per heavy atom. The minimum atomic E-state index is -0.452. The third-order valence-corrected chi connectivity index (χ3v) is 4.55. The number of likely N-dealkylation sites (tertiary alicyclic amines) is 1. The highest BCUT2D eigenvalue weighted by molar-refractivity contribution is 5.85. The molecule has 2 amide bonds. The Balaban J connectivity index is 0.00000312. The van der Waals surface area contributed by atoms with Crippen molar-refractivity contribution in [3.8, 4) is 0 Å². The molecule has 1 aliphatic heterocycles. The molecule has 1 aliphatic rings. The number of hydrogen-bond donors (Lipinski definition) is 3. The quantitative estimate of drug-likeness (QED) is 0.641. The normalized spacial score (nSPS) is 18.2. The highest BCUT2D eigenvalue weighted by atomic mass is 35.5. The zero-order valence-electron chi connectivity index (χ0n) is 15.1. The van der Waals surface area contributed by atoms with Gasteiger partial charge in [-0.25, -0.2) is 0 Å². The highest BCUT2D eigenvalue weighted by Crippen LogP contribution is 2.18. The molecule has 1 unspecified atom stereocenters.